The Morgan fingerprint density at radius 1 is 1.00 bits per heavy atom. The lowest BCUT2D eigenvalue weighted by molar-refractivity contribution is 0.0129. The molecule has 0 amide bonds. The van der Waals surface area contributed by atoms with Gasteiger partial charge in [0, 0.05) is 37.0 Å². The van der Waals surface area contributed by atoms with Gasteiger partial charge in [0.1, 0.15) is 0 Å². The lowest BCUT2D eigenvalue weighted by atomic mass is 9.61. The third-order valence-electron chi connectivity index (χ3n) is 3.04. The average Bonchev–Trinajstić information content (AvgIpc) is 2.13. The largest absolute Gasteiger partial charge is 0.313 e. The van der Waals surface area contributed by atoms with E-state index in [1.165, 1.54) is 13.1 Å². The van der Waals surface area contributed by atoms with Crippen molar-refractivity contribution < 1.29 is 0 Å². The predicted octanol–water partition coefficient (Wildman–Crippen LogP) is -1.32. The van der Waals surface area contributed by atoms with Crippen molar-refractivity contribution in [3.63, 3.8) is 0 Å². The molecule has 1 aliphatic carbocycles. The summed E-state index contributed by atoms with van der Waals surface area (Å²) in [6, 6.07) is 1.66. The maximum absolute atomic E-state index is 3.44. The van der Waals surface area contributed by atoms with Crippen LogP contribution in [0.15, 0.2) is 0 Å². The fraction of sp³-hybridized carbons (Fsp3) is 1.00. The van der Waals surface area contributed by atoms with Gasteiger partial charge in [-0.3, -0.25) is 10.9 Å². The van der Waals surface area contributed by atoms with Crippen LogP contribution in [0.5, 0.6) is 0 Å². The predicted molar refractivity (Wildman–Crippen MR) is 33.7 cm³/mol. The van der Waals surface area contributed by atoms with Crippen LogP contribution in [0.25, 0.3) is 0 Å². The summed E-state index contributed by atoms with van der Waals surface area (Å²) in [4.78, 5) is 0. The van der Waals surface area contributed by atoms with Crippen LogP contribution in [0, 0.1) is 11.8 Å². The molecular formula is C6H11N3. The molecule has 0 spiro atoms. The quantitative estimate of drug-likeness (QED) is 0.376. The third-order valence-corrected chi connectivity index (χ3v) is 3.04. The molecule has 1 saturated carbocycles. The first-order valence-electron chi connectivity index (χ1n) is 3.68. The number of hydrogen-bond donors (Lipinski definition) is 3. The van der Waals surface area contributed by atoms with Crippen molar-refractivity contribution in [1.29, 1.82) is 0 Å². The summed E-state index contributed by atoms with van der Waals surface area (Å²) in [5, 5.41) is 3.44. The van der Waals surface area contributed by atoms with Gasteiger partial charge in [-0.1, -0.05) is 0 Å². The van der Waals surface area contributed by atoms with Crippen molar-refractivity contribution in [2.45, 2.75) is 12.1 Å². The minimum Gasteiger partial charge on any atom is -0.313 e. The molecule has 3 aliphatic rings. The van der Waals surface area contributed by atoms with Crippen molar-refractivity contribution >= 4 is 0 Å². The Kier molecular flexibility index (Phi) is 0.678. The molecule has 0 unspecified atom stereocenters. The summed E-state index contributed by atoms with van der Waals surface area (Å²) in [7, 11) is 0. The van der Waals surface area contributed by atoms with Gasteiger partial charge in [0.05, 0.1) is 0 Å². The Balaban J connectivity index is 1.85. The molecule has 3 fully saturated rings. The Morgan fingerprint density at radius 2 is 1.89 bits per heavy atom. The number of rotatable bonds is 0. The van der Waals surface area contributed by atoms with E-state index in [2.05, 4.69) is 16.2 Å². The zero-order valence-electron chi connectivity index (χ0n) is 5.22. The zero-order chi connectivity index (χ0) is 5.84. The van der Waals surface area contributed by atoms with Crippen molar-refractivity contribution in [3.8, 4) is 0 Å². The summed E-state index contributed by atoms with van der Waals surface area (Å²) in [5.74, 6) is 1.84. The number of piperidine rings is 1. The third kappa shape index (κ3) is 0.377. The van der Waals surface area contributed by atoms with Gasteiger partial charge in [-0.15, -0.1) is 0 Å². The topological polar surface area (TPSA) is 36.1 Å². The van der Waals surface area contributed by atoms with Gasteiger partial charge in [0.2, 0.25) is 0 Å². The number of fused-ring (bicyclic) bond motifs is 4. The number of nitrogens with one attached hydrogen (secondary N) is 3. The highest BCUT2D eigenvalue weighted by Gasteiger charge is 2.57. The summed E-state index contributed by atoms with van der Waals surface area (Å²) in [6.07, 6.45) is 0. The van der Waals surface area contributed by atoms with Gasteiger partial charge in [0.15, 0.2) is 0 Å². The van der Waals surface area contributed by atoms with Gasteiger partial charge in [-0.25, -0.2) is 0 Å². The lowest BCUT2D eigenvalue weighted by Gasteiger charge is -2.56. The Labute approximate surface area is 54.2 Å². The molecule has 9 heavy (non-hydrogen) atoms. The second-order valence-corrected chi connectivity index (χ2v) is 3.31. The Hall–Kier alpha value is -0.120. The highest BCUT2D eigenvalue weighted by atomic mass is 15.4. The van der Waals surface area contributed by atoms with Crippen LogP contribution in [0.3, 0.4) is 0 Å². The molecule has 0 radical (unpaired) electrons. The Bertz CT molecular complexity index is 131. The molecule has 0 aromatic rings. The Morgan fingerprint density at radius 3 is 2.56 bits per heavy atom. The van der Waals surface area contributed by atoms with Crippen molar-refractivity contribution in [3.05, 3.63) is 0 Å². The van der Waals surface area contributed by atoms with Crippen LogP contribution < -0.4 is 16.2 Å². The molecular weight excluding hydrogens is 114 g/mol. The molecule has 3 N–H and O–H groups in total. The molecule has 2 aliphatic heterocycles. The smallest absolute Gasteiger partial charge is 0.0324 e. The molecule has 4 atom stereocenters. The van der Waals surface area contributed by atoms with Crippen molar-refractivity contribution in [2.75, 3.05) is 13.1 Å². The average molecular weight is 125 g/mol. The summed E-state index contributed by atoms with van der Waals surface area (Å²) in [5.41, 5.74) is 6.49. The molecule has 3 heteroatoms. The zero-order valence-corrected chi connectivity index (χ0v) is 5.22. The number of hydrazine groups is 1. The maximum Gasteiger partial charge on any atom is 0.0324 e. The van der Waals surface area contributed by atoms with Crippen LogP contribution in [-0.2, 0) is 0 Å². The molecule has 2 heterocycles. The maximum atomic E-state index is 3.44. The molecule has 0 aromatic heterocycles. The first kappa shape index (κ1) is 4.66. The molecule has 0 bridgehead atoms. The van der Waals surface area contributed by atoms with E-state index in [4.69, 9.17) is 0 Å². The van der Waals surface area contributed by atoms with Gasteiger partial charge in [0.25, 0.3) is 0 Å². The van der Waals surface area contributed by atoms with Gasteiger partial charge >= 0.3 is 0 Å². The van der Waals surface area contributed by atoms with E-state index < -0.39 is 0 Å². The lowest BCUT2D eigenvalue weighted by Crippen LogP contribution is -2.74. The van der Waals surface area contributed by atoms with Crippen molar-refractivity contribution in [1.82, 2.24) is 16.2 Å². The van der Waals surface area contributed by atoms with E-state index in [1.54, 1.807) is 0 Å². The van der Waals surface area contributed by atoms with Crippen LogP contribution in [0.4, 0.5) is 0 Å². The molecule has 50 valence electrons. The first-order chi connectivity index (χ1) is 4.47. The van der Waals surface area contributed by atoms with E-state index in [0.717, 1.165) is 23.9 Å². The fourth-order valence-corrected chi connectivity index (χ4v) is 2.37. The highest BCUT2D eigenvalue weighted by molar-refractivity contribution is 5.15. The molecule has 3 rings (SSSR count). The minimum absolute atomic E-state index is 0.802. The van der Waals surface area contributed by atoms with Crippen LogP contribution >= 0.6 is 0 Å². The van der Waals surface area contributed by atoms with E-state index in [-0.39, 0.29) is 0 Å². The van der Waals surface area contributed by atoms with E-state index in [0.29, 0.717) is 0 Å². The second-order valence-electron chi connectivity index (χ2n) is 3.31. The first-order valence-corrected chi connectivity index (χ1v) is 3.68. The standard InChI is InChI=1S/C6H11N3/c1-3-5(7-1)4-2-8-9-6(3)4/h3-9H,1-2H2/t3-,4+,5-,6+/m0/s1. The summed E-state index contributed by atoms with van der Waals surface area (Å²) < 4.78 is 0. The van der Waals surface area contributed by atoms with Gasteiger partial charge in [-0.05, 0) is 0 Å². The van der Waals surface area contributed by atoms with Gasteiger partial charge < -0.3 is 5.32 Å². The second kappa shape index (κ2) is 1.31. The molecule has 2 saturated heterocycles. The van der Waals surface area contributed by atoms with E-state index in [9.17, 15) is 0 Å². The fourth-order valence-electron chi connectivity index (χ4n) is 2.37. The van der Waals surface area contributed by atoms with Crippen LogP contribution in [0.2, 0.25) is 0 Å². The molecule has 3 nitrogen and oxygen atoms in total. The monoisotopic (exact) mass is 125 g/mol. The van der Waals surface area contributed by atoms with E-state index >= 15 is 0 Å². The normalized spacial score (nSPS) is 61.3. The summed E-state index contributed by atoms with van der Waals surface area (Å²) >= 11 is 0. The van der Waals surface area contributed by atoms with Crippen LogP contribution in [-0.4, -0.2) is 25.2 Å². The highest BCUT2D eigenvalue weighted by Crippen LogP contribution is 2.41. The number of hydrogen-bond acceptors (Lipinski definition) is 3. The van der Waals surface area contributed by atoms with Crippen LogP contribution in [0.1, 0.15) is 0 Å². The summed E-state index contributed by atoms with van der Waals surface area (Å²) in [6.45, 7) is 2.40. The van der Waals surface area contributed by atoms with Gasteiger partial charge in [-0.2, -0.15) is 0 Å². The minimum atomic E-state index is 0.802. The SMILES string of the molecule is C1NN[C@H]2[C@H]1[C@H]1NC[C@@H]12. The van der Waals surface area contributed by atoms with E-state index in [1.807, 2.05) is 0 Å². The molecule has 0 aromatic carbocycles. The van der Waals surface area contributed by atoms with Crippen molar-refractivity contribution in [2.24, 2.45) is 11.8 Å².